The summed E-state index contributed by atoms with van der Waals surface area (Å²) < 4.78 is 10.1. The van der Waals surface area contributed by atoms with E-state index in [-0.39, 0.29) is 5.91 Å². The van der Waals surface area contributed by atoms with Crippen LogP contribution < -0.4 is 9.80 Å². The molecule has 1 heterocycles. The number of nitrogens with zero attached hydrogens (tertiary/aromatic N) is 1. The van der Waals surface area contributed by atoms with Gasteiger partial charge in [0.2, 0.25) is 0 Å². The highest BCUT2D eigenvalue weighted by Gasteiger charge is 2.24. The maximum atomic E-state index is 12.3. The third kappa shape index (κ3) is 6.33. The van der Waals surface area contributed by atoms with Crippen LogP contribution in [0.2, 0.25) is 0 Å². The molecule has 1 aliphatic heterocycles. The van der Waals surface area contributed by atoms with Crippen LogP contribution >= 0.6 is 0 Å². The molecule has 112 valence electrons. The van der Waals surface area contributed by atoms with E-state index < -0.39 is 0 Å². The van der Waals surface area contributed by atoms with Crippen molar-refractivity contribution in [3.63, 3.8) is 0 Å². The molecule has 0 aliphatic carbocycles. The number of hydrogen-bond donors (Lipinski definition) is 2. The van der Waals surface area contributed by atoms with E-state index in [0.717, 1.165) is 26.2 Å². The number of rotatable bonds is 8. The second kappa shape index (κ2) is 9.25. The van der Waals surface area contributed by atoms with E-state index in [9.17, 15) is 4.79 Å². The highest BCUT2D eigenvalue weighted by molar-refractivity contribution is 5.77. The van der Waals surface area contributed by atoms with Gasteiger partial charge >= 0.3 is 0 Å². The molecule has 0 aromatic carbocycles. The largest absolute Gasteiger partial charge is 0.383 e. The third-order valence-corrected chi connectivity index (χ3v) is 3.70. The molecular formula is C13H29N3O3+2. The third-order valence-electron chi connectivity index (χ3n) is 3.70. The molecule has 0 saturated carbocycles. The predicted octanol–water partition coefficient (Wildman–Crippen LogP) is -3.48. The van der Waals surface area contributed by atoms with Crippen LogP contribution in [0.1, 0.15) is 0 Å². The summed E-state index contributed by atoms with van der Waals surface area (Å²) in [6, 6.07) is 0. The molecule has 1 amide bonds. The molecule has 1 rings (SSSR count). The average molecular weight is 275 g/mol. The van der Waals surface area contributed by atoms with Gasteiger partial charge in [0.25, 0.3) is 5.91 Å². The van der Waals surface area contributed by atoms with Gasteiger partial charge in [-0.25, -0.2) is 0 Å². The Morgan fingerprint density at radius 2 is 1.58 bits per heavy atom. The Labute approximate surface area is 116 Å². The molecule has 6 nitrogen and oxygen atoms in total. The van der Waals surface area contributed by atoms with Crippen LogP contribution in [0.5, 0.6) is 0 Å². The van der Waals surface area contributed by atoms with Gasteiger partial charge in [-0.15, -0.1) is 0 Å². The Balaban J connectivity index is 2.36. The number of hydrogen-bond acceptors (Lipinski definition) is 3. The molecule has 0 bridgehead atoms. The van der Waals surface area contributed by atoms with Gasteiger partial charge in [0, 0.05) is 27.3 Å². The van der Waals surface area contributed by atoms with E-state index in [1.54, 1.807) is 19.1 Å². The quantitative estimate of drug-likeness (QED) is 0.484. The lowest BCUT2D eigenvalue weighted by molar-refractivity contribution is -1.000. The zero-order chi connectivity index (χ0) is 14.1. The molecule has 1 fully saturated rings. The molecule has 0 aromatic heterocycles. The summed E-state index contributed by atoms with van der Waals surface area (Å²) in [6.07, 6.45) is 0. The first-order valence-corrected chi connectivity index (χ1v) is 7.08. The number of ether oxygens (including phenoxy) is 2. The summed E-state index contributed by atoms with van der Waals surface area (Å²) in [7, 11) is 5.53. The first-order valence-electron chi connectivity index (χ1n) is 7.08. The fraction of sp³-hybridized carbons (Fsp3) is 0.923. The Kier molecular flexibility index (Phi) is 7.97. The number of carbonyl (C=O) groups excluding carboxylic acids is 1. The van der Waals surface area contributed by atoms with Crippen LogP contribution in [0, 0.1) is 0 Å². The van der Waals surface area contributed by atoms with Crippen molar-refractivity contribution in [3.05, 3.63) is 0 Å². The molecule has 1 saturated heterocycles. The molecule has 0 unspecified atom stereocenters. The van der Waals surface area contributed by atoms with Gasteiger partial charge in [-0.05, 0) is 0 Å². The lowest BCUT2D eigenvalue weighted by atomic mass is 10.3. The van der Waals surface area contributed by atoms with E-state index in [1.165, 1.54) is 4.90 Å². The monoisotopic (exact) mass is 275 g/mol. The van der Waals surface area contributed by atoms with Crippen molar-refractivity contribution in [2.45, 2.75) is 0 Å². The number of nitrogens with one attached hydrogen (secondary N) is 2. The van der Waals surface area contributed by atoms with Gasteiger partial charge < -0.3 is 24.2 Å². The van der Waals surface area contributed by atoms with Crippen LogP contribution in [0.3, 0.4) is 0 Å². The second-order valence-corrected chi connectivity index (χ2v) is 5.25. The lowest BCUT2D eigenvalue weighted by Crippen LogP contribution is -3.27. The summed E-state index contributed by atoms with van der Waals surface area (Å²) in [6.45, 7) is 7.53. The summed E-state index contributed by atoms with van der Waals surface area (Å²) in [5.74, 6) is 0.212. The van der Waals surface area contributed by atoms with Gasteiger partial charge in [0.15, 0.2) is 6.54 Å². The normalized spacial score (nSPS) is 23.3. The molecule has 0 aromatic rings. The number of piperazine rings is 1. The molecule has 0 radical (unpaired) electrons. The fourth-order valence-electron chi connectivity index (χ4n) is 2.30. The van der Waals surface area contributed by atoms with E-state index in [0.29, 0.717) is 32.8 Å². The molecule has 2 N–H and O–H groups in total. The Morgan fingerprint density at radius 1 is 1.05 bits per heavy atom. The van der Waals surface area contributed by atoms with Crippen LogP contribution in [0.25, 0.3) is 0 Å². The maximum absolute atomic E-state index is 12.3. The van der Waals surface area contributed by atoms with Gasteiger partial charge in [0.1, 0.15) is 26.2 Å². The summed E-state index contributed by atoms with van der Waals surface area (Å²) in [4.78, 5) is 17.1. The van der Waals surface area contributed by atoms with Crippen LogP contribution in [0.15, 0.2) is 0 Å². The van der Waals surface area contributed by atoms with Crippen molar-refractivity contribution in [1.29, 1.82) is 0 Å². The van der Waals surface area contributed by atoms with E-state index in [1.807, 2.05) is 4.90 Å². The molecule has 6 heteroatoms. The predicted molar refractivity (Wildman–Crippen MR) is 72.5 cm³/mol. The van der Waals surface area contributed by atoms with Crippen molar-refractivity contribution in [2.24, 2.45) is 0 Å². The van der Waals surface area contributed by atoms with Crippen molar-refractivity contribution >= 4 is 5.91 Å². The first kappa shape index (κ1) is 16.4. The zero-order valence-corrected chi connectivity index (χ0v) is 12.5. The minimum Gasteiger partial charge on any atom is -0.383 e. The topological polar surface area (TPSA) is 47.6 Å². The van der Waals surface area contributed by atoms with Crippen molar-refractivity contribution in [1.82, 2.24) is 4.90 Å². The summed E-state index contributed by atoms with van der Waals surface area (Å²) in [5, 5.41) is 0. The van der Waals surface area contributed by atoms with Crippen LogP contribution in [-0.2, 0) is 14.3 Å². The SMILES string of the molecule is COCCN(CCOC)C(=O)C[NH+]1CC[NH+](C)CC1. The number of amides is 1. The van der Waals surface area contributed by atoms with Gasteiger partial charge in [-0.3, -0.25) is 4.79 Å². The van der Waals surface area contributed by atoms with Gasteiger partial charge in [0.05, 0.1) is 20.3 Å². The van der Waals surface area contributed by atoms with E-state index in [4.69, 9.17) is 9.47 Å². The minimum absolute atomic E-state index is 0.212. The highest BCUT2D eigenvalue weighted by atomic mass is 16.5. The smallest absolute Gasteiger partial charge is 0.277 e. The average Bonchev–Trinajstić information content (AvgIpc) is 2.41. The van der Waals surface area contributed by atoms with Crippen LogP contribution in [-0.4, -0.2) is 91.1 Å². The number of carbonyl (C=O) groups is 1. The Hall–Kier alpha value is -0.690. The summed E-state index contributed by atoms with van der Waals surface area (Å²) in [5.41, 5.74) is 0. The highest BCUT2D eigenvalue weighted by Crippen LogP contribution is 1.89. The first-order chi connectivity index (χ1) is 9.17. The van der Waals surface area contributed by atoms with Crippen molar-refractivity contribution < 1.29 is 24.1 Å². The number of quaternary nitrogens is 2. The van der Waals surface area contributed by atoms with E-state index >= 15 is 0 Å². The summed E-state index contributed by atoms with van der Waals surface area (Å²) >= 11 is 0. The van der Waals surface area contributed by atoms with Gasteiger partial charge in [-0.2, -0.15) is 0 Å². The standard InChI is InChI=1S/C13H27N3O3/c1-14-4-6-15(7-5-14)12-13(17)16(8-10-18-2)9-11-19-3/h4-12H2,1-3H3/p+2. The number of methoxy groups -OCH3 is 2. The zero-order valence-electron chi connectivity index (χ0n) is 12.5. The lowest BCUT2D eigenvalue weighted by Gasteiger charge is -2.29. The second-order valence-electron chi connectivity index (χ2n) is 5.25. The molecule has 0 atom stereocenters. The molecule has 1 aliphatic rings. The van der Waals surface area contributed by atoms with E-state index in [2.05, 4.69) is 7.05 Å². The van der Waals surface area contributed by atoms with Crippen molar-refractivity contribution in [3.8, 4) is 0 Å². The molecule has 19 heavy (non-hydrogen) atoms. The minimum atomic E-state index is 0.212. The van der Waals surface area contributed by atoms with Crippen molar-refractivity contribution in [2.75, 3.05) is 80.3 Å². The molecule has 0 spiro atoms. The number of likely N-dealkylation sites (N-methyl/N-ethyl adjacent to an activating group) is 1. The fourth-order valence-corrected chi connectivity index (χ4v) is 2.30. The maximum Gasteiger partial charge on any atom is 0.277 e. The Morgan fingerprint density at radius 3 is 2.05 bits per heavy atom. The van der Waals surface area contributed by atoms with Gasteiger partial charge in [-0.1, -0.05) is 0 Å². The molecular weight excluding hydrogens is 246 g/mol. The van der Waals surface area contributed by atoms with Crippen LogP contribution in [0.4, 0.5) is 0 Å². The Bertz CT molecular complexity index is 248.